The number of carbonyl (C=O) groups excluding carboxylic acids is 1. The zero-order valence-electron chi connectivity index (χ0n) is 21.5. The number of nitrogens with one attached hydrogen (secondary N) is 4. The molecule has 5 fully saturated rings. The van der Waals surface area contributed by atoms with Crippen molar-refractivity contribution in [3.63, 3.8) is 0 Å². The van der Waals surface area contributed by atoms with Gasteiger partial charge in [0.2, 0.25) is 5.91 Å². The number of ether oxygens (including phenoxy) is 2. The van der Waals surface area contributed by atoms with Gasteiger partial charge in [0.15, 0.2) is 0 Å². The van der Waals surface area contributed by atoms with E-state index in [0.717, 1.165) is 58.3 Å². The maximum atomic E-state index is 12.8. The van der Waals surface area contributed by atoms with Crippen LogP contribution in [0.3, 0.4) is 0 Å². The van der Waals surface area contributed by atoms with Gasteiger partial charge in [0.1, 0.15) is 0 Å². The molecule has 5 N–H and O–H groups in total. The topological polar surface area (TPSA) is 107 Å². The lowest BCUT2D eigenvalue weighted by molar-refractivity contribution is -0.126. The molecule has 5 aliphatic rings. The molecule has 0 radical (unpaired) electrons. The molecule has 0 bridgehead atoms. The molecule has 2 aliphatic carbocycles. The molecule has 1 amide bonds. The number of β-amino-alcohol motifs (C(OH)–C–C–N with tert-alkyl or cyclic N) is 1. The van der Waals surface area contributed by atoms with Crippen LogP contribution in [-0.2, 0) is 14.3 Å². The number of aliphatic hydroxyl groups is 1. The number of piperidine rings is 2. The second-order valence-electron chi connectivity index (χ2n) is 11.7. The van der Waals surface area contributed by atoms with Gasteiger partial charge in [0, 0.05) is 38.1 Å². The maximum Gasteiger partial charge on any atom is 0.223 e. The van der Waals surface area contributed by atoms with Gasteiger partial charge in [-0.05, 0) is 69.9 Å². The third-order valence-corrected chi connectivity index (χ3v) is 9.49. The number of carbonyl (C=O) groups is 1. The molecule has 3 aliphatic heterocycles. The molecular formula is C26H46ClN5O4. The van der Waals surface area contributed by atoms with E-state index in [1.165, 1.54) is 19.3 Å². The normalized spacial score (nSPS) is 38.8. The lowest BCUT2D eigenvalue weighted by Gasteiger charge is -2.45. The molecule has 7 unspecified atom stereocenters. The summed E-state index contributed by atoms with van der Waals surface area (Å²) in [5, 5.41) is 24.1. The van der Waals surface area contributed by atoms with Crippen LogP contribution in [-0.4, -0.2) is 104 Å². The lowest BCUT2D eigenvalue weighted by Crippen LogP contribution is -2.55. The van der Waals surface area contributed by atoms with E-state index in [4.69, 9.17) is 21.1 Å². The van der Waals surface area contributed by atoms with Crippen LogP contribution in [0.2, 0.25) is 0 Å². The first-order valence-electron chi connectivity index (χ1n) is 14.3. The van der Waals surface area contributed by atoms with Crippen LogP contribution in [0.5, 0.6) is 0 Å². The molecule has 3 saturated heterocycles. The first kappa shape index (κ1) is 27.1. The van der Waals surface area contributed by atoms with Gasteiger partial charge in [-0.1, -0.05) is 6.42 Å². The van der Waals surface area contributed by atoms with E-state index >= 15 is 0 Å². The quantitative estimate of drug-likeness (QED) is 0.263. The number of aliphatic hydroxyl groups excluding tert-OH is 1. The van der Waals surface area contributed by atoms with Crippen molar-refractivity contribution < 1.29 is 19.4 Å². The standard InChI is InChI=1S/C26H46ClN5O4/c27-23-8-19-13-32(7-5-17(19)9-24(23)35-15-22-12-28-16-36-22)14-21(33)11-30-26(34)18-4-6-29-25(10-18)31-20-2-1-3-20/h17-25,28-29,31,33H,1-16H2,(H,30,34)/t17?,18?,19?,21-,22?,23?,24?,25?/m0/s1. The molecule has 3 heterocycles. The van der Waals surface area contributed by atoms with E-state index in [9.17, 15) is 9.90 Å². The smallest absolute Gasteiger partial charge is 0.223 e. The minimum Gasteiger partial charge on any atom is -0.390 e. The maximum absolute atomic E-state index is 12.8. The summed E-state index contributed by atoms with van der Waals surface area (Å²) in [5.41, 5.74) is 0. The first-order chi connectivity index (χ1) is 17.5. The number of halogens is 1. The third kappa shape index (κ3) is 7.32. The van der Waals surface area contributed by atoms with Crippen LogP contribution >= 0.6 is 11.6 Å². The summed E-state index contributed by atoms with van der Waals surface area (Å²) in [6.45, 7) is 5.78. The highest BCUT2D eigenvalue weighted by Crippen LogP contribution is 2.39. The van der Waals surface area contributed by atoms with Crippen molar-refractivity contribution in [1.82, 2.24) is 26.2 Å². The Labute approximate surface area is 220 Å². The Morgan fingerprint density at radius 2 is 2.08 bits per heavy atom. The number of likely N-dealkylation sites (tertiary alicyclic amines) is 1. The number of rotatable bonds is 10. The summed E-state index contributed by atoms with van der Waals surface area (Å²) < 4.78 is 11.7. The Bertz CT molecular complexity index is 710. The average molecular weight is 528 g/mol. The minimum atomic E-state index is -0.553. The monoisotopic (exact) mass is 527 g/mol. The summed E-state index contributed by atoms with van der Waals surface area (Å²) >= 11 is 6.74. The Morgan fingerprint density at radius 3 is 2.86 bits per heavy atom. The zero-order chi connectivity index (χ0) is 24.9. The van der Waals surface area contributed by atoms with Crippen LogP contribution in [0, 0.1) is 17.8 Å². The summed E-state index contributed by atoms with van der Waals surface area (Å²) in [5.74, 6) is 1.27. The van der Waals surface area contributed by atoms with E-state index in [0.29, 0.717) is 44.3 Å². The highest BCUT2D eigenvalue weighted by molar-refractivity contribution is 6.21. The van der Waals surface area contributed by atoms with Crippen LogP contribution in [0.4, 0.5) is 0 Å². The molecule has 2 saturated carbocycles. The molecule has 8 atom stereocenters. The van der Waals surface area contributed by atoms with Gasteiger partial charge in [-0.25, -0.2) is 0 Å². The summed E-state index contributed by atoms with van der Waals surface area (Å²) in [6.07, 6.45) is 8.46. The molecule has 36 heavy (non-hydrogen) atoms. The molecule has 0 spiro atoms. The van der Waals surface area contributed by atoms with Crippen LogP contribution in [0.25, 0.3) is 0 Å². The van der Waals surface area contributed by atoms with Gasteiger partial charge in [-0.3, -0.25) is 15.4 Å². The van der Waals surface area contributed by atoms with Crippen molar-refractivity contribution >= 4 is 17.5 Å². The van der Waals surface area contributed by atoms with Crippen molar-refractivity contribution in [2.45, 2.75) is 87.3 Å². The van der Waals surface area contributed by atoms with E-state index in [1.54, 1.807) is 0 Å². The molecule has 0 aromatic carbocycles. The van der Waals surface area contributed by atoms with Gasteiger partial charge >= 0.3 is 0 Å². The van der Waals surface area contributed by atoms with Crippen LogP contribution in [0.15, 0.2) is 0 Å². The third-order valence-electron chi connectivity index (χ3n) is 9.03. The fourth-order valence-electron chi connectivity index (χ4n) is 6.62. The van der Waals surface area contributed by atoms with Gasteiger partial charge in [0.05, 0.1) is 43.2 Å². The highest BCUT2D eigenvalue weighted by atomic mass is 35.5. The van der Waals surface area contributed by atoms with Crippen molar-refractivity contribution in [3.8, 4) is 0 Å². The van der Waals surface area contributed by atoms with Crippen LogP contribution < -0.4 is 21.3 Å². The summed E-state index contributed by atoms with van der Waals surface area (Å²) in [4.78, 5) is 15.1. The second-order valence-corrected chi connectivity index (χ2v) is 12.3. The number of hydrogen-bond donors (Lipinski definition) is 5. The van der Waals surface area contributed by atoms with Gasteiger partial charge in [-0.2, -0.15) is 0 Å². The Hall–Kier alpha value is -0.520. The number of fused-ring (bicyclic) bond motifs is 1. The van der Waals surface area contributed by atoms with Crippen molar-refractivity contribution in [2.24, 2.45) is 17.8 Å². The largest absolute Gasteiger partial charge is 0.390 e. The fourth-order valence-corrected chi connectivity index (χ4v) is 7.02. The van der Waals surface area contributed by atoms with Crippen LogP contribution in [0.1, 0.15) is 51.4 Å². The molecule has 0 aromatic heterocycles. The Morgan fingerprint density at radius 1 is 1.19 bits per heavy atom. The molecule has 9 nitrogen and oxygen atoms in total. The van der Waals surface area contributed by atoms with Crippen molar-refractivity contribution in [1.29, 1.82) is 0 Å². The predicted octanol–water partition coefficient (Wildman–Crippen LogP) is 0.602. The van der Waals surface area contributed by atoms with Crippen molar-refractivity contribution in [3.05, 3.63) is 0 Å². The summed E-state index contributed by atoms with van der Waals surface area (Å²) in [6, 6.07) is 0.607. The second kappa shape index (κ2) is 13.0. The predicted molar refractivity (Wildman–Crippen MR) is 139 cm³/mol. The van der Waals surface area contributed by atoms with E-state index in [-0.39, 0.29) is 35.6 Å². The number of nitrogens with zero attached hydrogens (tertiary/aromatic N) is 1. The molecule has 5 rings (SSSR count). The van der Waals surface area contributed by atoms with E-state index in [2.05, 4.69) is 26.2 Å². The number of amides is 1. The molecule has 206 valence electrons. The number of hydrogen-bond acceptors (Lipinski definition) is 8. The summed E-state index contributed by atoms with van der Waals surface area (Å²) in [7, 11) is 0. The van der Waals surface area contributed by atoms with Gasteiger partial charge < -0.3 is 30.1 Å². The Kier molecular flexibility index (Phi) is 9.79. The molecule has 0 aromatic rings. The molecular weight excluding hydrogens is 482 g/mol. The zero-order valence-corrected chi connectivity index (χ0v) is 22.3. The number of alkyl halides is 1. The van der Waals surface area contributed by atoms with E-state index < -0.39 is 6.10 Å². The fraction of sp³-hybridized carbons (Fsp3) is 0.962. The SMILES string of the molecule is O=C(NC[C@H](O)CN1CCC2CC(OCC3CNCO3)C(Cl)CC2C1)C1CCNC(NC2CCC2)C1. The first-order valence-corrected chi connectivity index (χ1v) is 14.7. The lowest BCUT2D eigenvalue weighted by atomic mass is 9.73. The average Bonchev–Trinajstić information content (AvgIpc) is 3.37. The van der Waals surface area contributed by atoms with Crippen molar-refractivity contribution in [2.75, 3.05) is 52.6 Å². The molecule has 10 heteroatoms. The highest BCUT2D eigenvalue weighted by Gasteiger charge is 2.40. The van der Waals surface area contributed by atoms with Gasteiger partial charge in [0.25, 0.3) is 0 Å². The Balaban J connectivity index is 0.989. The minimum absolute atomic E-state index is 0.0151. The van der Waals surface area contributed by atoms with Gasteiger partial charge in [-0.15, -0.1) is 11.6 Å². The van der Waals surface area contributed by atoms with E-state index in [1.807, 2.05) is 0 Å².